The van der Waals surface area contributed by atoms with E-state index in [1.165, 1.54) is 9.13 Å². The molecular formula is C34H37FN4O5. The molecule has 2 aromatic carbocycles. The van der Waals surface area contributed by atoms with Crippen LogP contribution in [0.15, 0.2) is 76.4 Å². The Balaban J connectivity index is 1.47. The van der Waals surface area contributed by atoms with Crippen molar-refractivity contribution in [3.05, 3.63) is 105 Å². The van der Waals surface area contributed by atoms with Crippen LogP contribution < -0.4 is 11.2 Å². The lowest BCUT2D eigenvalue weighted by Gasteiger charge is -2.30. The van der Waals surface area contributed by atoms with Crippen LogP contribution in [0.25, 0.3) is 16.7 Å². The first kappa shape index (κ1) is 30.8. The molecule has 230 valence electrons. The summed E-state index contributed by atoms with van der Waals surface area (Å²) in [6.45, 7) is 5.87. The van der Waals surface area contributed by atoms with Crippen LogP contribution in [0.4, 0.5) is 4.39 Å². The lowest BCUT2D eigenvalue weighted by atomic mass is 9.84. The summed E-state index contributed by atoms with van der Waals surface area (Å²) in [6.07, 6.45) is 3.50. The topological polar surface area (TPSA) is 104 Å². The van der Waals surface area contributed by atoms with Crippen molar-refractivity contribution in [2.75, 3.05) is 7.05 Å². The lowest BCUT2D eigenvalue weighted by Crippen LogP contribution is -2.43. The molecule has 1 saturated carbocycles. The third-order valence-electron chi connectivity index (χ3n) is 7.91. The maximum atomic E-state index is 14.4. The number of carbonyl (C=O) groups is 2. The van der Waals surface area contributed by atoms with E-state index >= 15 is 0 Å². The summed E-state index contributed by atoms with van der Waals surface area (Å²) in [5.74, 6) is -1.13. The highest BCUT2D eigenvalue weighted by atomic mass is 19.1. The van der Waals surface area contributed by atoms with Gasteiger partial charge in [0.05, 0.1) is 17.3 Å². The van der Waals surface area contributed by atoms with E-state index in [9.17, 15) is 23.6 Å². The van der Waals surface area contributed by atoms with Gasteiger partial charge in [0.2, 0.25) is 0 Å². The lowest BCUT2D eigenvalue weighted by molar-refractivity contribution is -0.156. The quantitative estimate of drug-likeness (QED) is 0.263. The predicted molar refractivity (Wildman–Crippen MR) is 165 cm³/mol. The van der Waals surface area contributed by atoms with Crippen molar-refractivity contribution in [1.82, 2.24) is 19.0 Å². The van der Waals surface area contributed by atoms with Gasteiger partial charge in [-0.2, -0.15) is 0 Å². The molecule has 0 atom stereocenters. The number of amides is 1. The Hall–Kier alpha value is -4.60. The average molecular weight is 601 g/mol. The third kappa shape index (κ3) is 6.79. The molecule has 0 aliphatic heterocycles. The second-order valence-corrected chi connectivity index (χ2v) is 12.5. The first-order chi connectivity index (χ1) is 20.9. The number of benzene rings is 2. The molecular weight excluding hydrogens is 563 g/mol. The van der Waals surface area contributed by atoms with Gasteiger partial charge in [-0.1, -0.05) is 36.4 Å². The van der Waals surface area contributed by atoms with Crippen LogP contribution in [0, 0.1) is 11.7 Å². The molecule has 9 nitrogen and oxygen atoms in total. The summed E-state index contributed by atoms with van der Waals surface area (Å²) < 4.78 is 22.3. The minimum atomic E-state index is -0.695. The predicted octanol–water partition coefficient (Wildman–Crippen LogP) is 5.42. The van der Waals surface area contributed by atoms with Crippen LogP contribution in [0.5, 0.6) is 0 Å². The molecule has 0 radical (unpaired) electrons. The van der Waals surface area contributed by atoms with E-state index in [0.29, 0.717) is 43.5 Å². The molecule has 1 fully saturated rings. The Morgan fingerprint density at radius 3 is 2.39 bits per heavy atom. The van der Waals surface area contributed by atoms with Gasteiger partial charge in [0.15, 0.2) is 5.65 Å². The summed E-state index contributed by atoms with van der Waals surface area (Å²) in [7, 11) is 1.70. The van der Waals surface area contributed by atoms with Gasteiger partial charge in [-0.3, -0.25) is 19.0 Å². The van der Waals surface area contributed by atoms with Crippen LogP contribution in [-0.2, 0) is 16.1 Å². The maximum Gasteiger partial charge on any atom is 0.337 e. The summed E-state index contributed by atoms with van der Waals surface area (Å²) in [4.78, 5) is 59.2. The highest BCUT2D eigenvalue weighted by molar-refractivity contribution is 5.94. The van der Waals surface area contributed by atoms with Crippen LogP contribution in [0.1, 0.15) is 74.8 Å². The van der Waals surface area contributed by atoms with Crippen LogP contribution in [0.2, 0.25) is 0 Å². The van der Waals surface area contributed by atoms with Crippen LogP contribution in [-0.4, -0.2) is 43.5 Å². The molecule has 0 saturated heterocycles. The molecule has 5 rings (SSSR count). The molecule has 1 amide bonds. The molecule has 0 spiro atoms. The van der Waals surface area contributed by atoms with E-state index in [2.05, 4.69) is 4.98 Å². The van der Waals surface area contributed by atoms with E-state index in [-0.39, 0.29) is 35.2 Å². The van der Waals surface area contributed by atoms with Crippen LogP contribution >= 0.6 is 0 Å². The average Bonchev–Trinajstić information content (AvgIpc) is 2.98. The largest absolute Gasteiger partial charge is 0.460 e. The second kappa shape index (κ2) is 12.6. The summed E-state index contributed by atoms with van der Waals surface area (Å²) in [5, 5.41) is -0.0293. The highest BCUT2D eigenvalue weighted by Crippen LogP contribution is 2.33. The zero-order chi connectivity index (χ0) is 31.6. The second-order valence-electron chi connectivity index (χ2n) is 12.5. The number of hydrogen-bond donors (Lipinski definition) is 0. The molecule has 1 aliphatic rings. The van der Waals surface area contributed by atoms with Crippen molar-refractivity contribution in [3.63, 3.8) is 0 Å². The van der Waals surface area contributed by atoms with Gasteiger partial charge in [-0.05, 0) is 82.2 Å². The maximum absolute atomic E-state index is 14.4. The van der Waals surface area contributed by atoms with Crippen molar-refractivity contribution in [3.8, 4) is 5.69 Å². The van der Waals surface area contributed by atoms with E-state index in [4.69, 9.17) is 4.74 Å². The number of hydrogen-bond acceptors (Lipinski definition) is 6. The molecule has 2 heterocycles. The number of carbonyl (C=O) groups excluding carboxylic acids is 2. The van der Waals surface area contributed by atoms with Crippen molar-refractivity contribution >= 4 is 22.9 Å². The first-order valence-electron chi connectivity index (χ1n) is 14.9. The standard InChI is InChI=1S/C34H37FN4O5/c1-34(2,3)44-29(40)17-22-13-15-26(16-14-22)39-32(42)28-19-25(35)20-36-30(28)38(33(39)43)27-12-8-11-24(18-27)31(41)37(4)21-23-9-6-5-7-10-23/h5-12,18-20,22,26H,13-17,21H2,1-4H3. The summed E-state index contributed by atoms with van der Waals surface area (Å²) in [6, 6.07) is 16.8. The number of ether oxygens (including phenoxy) is 1. The first-order valence-corrected chi connectivity index (χ1v) is 14.9. The monoisotopic (exact) mass is 600 g/mol. The van der Waals surface area contributed by atoms with Gasteiger partial charge in [-0.25, -0.2) is 18.7 Å². The van der Waals surface area contributed by atoms with Gasteiger partial charge >= 0.3 is 11.7 Å². The number of pyridine rings is 1. The van der Waals surface area contributed by atoms with Gasteiger partial charge < -0.3 is 9.64 Å². The fraction of sp³-hybridized carbons (Fsp3) is 0.382. The number of esters is 1. The molecule has 2 aromatic heterocycles. The zero-order valence-electron chi connectivity index (χ0n) is 25.5. The summed E-state index contributed by atoms with van der Waals surface area (Å²) in [5.41, 5.74) is -0.119. The number of fused-ring (bicyclic) bond motifs is 1. The van der Waals surface area contributed by atoms with Crippen molar-refractivity contribution in [2.45, 2.75) is 71.1 Å². The van der Waals surface area contributed by atoms with Crippen molar-refractivity contribution in [2.24, 2.45) is 5.92 Å². The number of aromatic nitrogens is 3. The van der Waals surface area contributed by atoms with Gasteiger partial charge in [0.1, 0.15) is 11.4 Å². The molecule has 44 heavy (non-hydrogen) atoms. The fourth-order valence-corrected chi connectivity index (χ4v) is 5.89. The Kier molecular flexibility index (Phi) is 8.80. The Labute approximate surface area is 254 Å². The Morgan fingerprint density at radius 2 is 1.70 bits per heavy atom. The minimum Gasteiger partial charge on any atom is -0.460 e. The molecule has 10 heteroatoms. The van der Waals surface area contributed by atoms with E-state index in [1.807, 2.05) is 51.1 Å². The fourth-order valence-electron chi connectivity index (χ4n) is 5.89. The minimum absolute atomic E-state index is 0.0125. The zero-order valence-corrected chi connectivity index (χ0v) is 25.5. The van der Waals surface area contributed by atoms with Crippen LogP contribution in [0.3, 0.4) is 0 Å². The molecule has 0 bridgehead atoms. The number of rotatable bonds is 7. The third-order valence-corrected chi connectivity index (χ3v) is 7.91. The van der Waals surface area contributed by atoms with E-state index in [0.717, 1.165) is 17.8 Å². The van der Waals surface area contributed by atoms with E-state index < -0.39 is 28.7 Å². The normalized spacial score (nSPS) is 16.9. The molecule has 1 aliphatic carbocycles. The van der Waals surface area contributed by atoms with Crippen molar-refractivity contribution < 1.29 is 18.7 Å². The molecule has 0 N–H and O–H groups in total. The van der Waals surface area contributed by atoms with Gasteiger partial charge in [0.25, 0.3) is 11.5 Å². The van der Waals surface area contributed by atoms with Gasteiger partial charge in [-0.15, -0.1) is 0 Å². The Morgan fingerprint density at radius 1 is 1.00 bits per heavy atom. The SMILES string of the molecule is CN(Cc1ccccc1)C(=O)c1cccc(-n2c(=O)n(C3CCC(CC(=O)OC(C)(C)C)CC3)c(=O)c3cc(F)cnc32)c1. The smallest absolute Gasteiger partial charge is 0.337 e. The number of halogens is 1. The highest BCUT2D eigenvalue weighted by Gasteiger charge is 2.29. The van der Waals surface area contributed by atoms with E-state index in [1.54, 1.807) is 36.2 Å². The molecule has 0 unspecified atom stereocenters. The molecule has 4 aromatic rings. The Bertz CT molecular complexity index is 1800. The number of nitrogens with zero attached hydrogens (tertiary/aromatic N) is 4. The van der Waals surface area contributed by atoms with Gasteiger partial charge in [0, 0.05) is 31.6 Å². The summed E-state index contributed by atoms with van der Waals surface area (Å²) >= 11 is 0. The van der Waals surface area contributed by atoms with Crippen molar-refractivity contribution in [1.29, 1.82) is 0 Å².